The van der Waals surface area contributed by atoms with Gasteiger partial charge in [0, 0.05) is 22.7 Å². The highest BCUT2D eigenvalue weighted by Gasteiger charge is 2.48. The first kappa shape index (κ1) is 26.9. The van der Waals surface area contributed by atoms with Crippen molar-refractivity contribution in [1.82, 2.24) is 9.88 Å². The second-order valence-corrected chi connectivity index (χ2v) is 12.5. The molecule has 3 N–H and O–H groups in total. The van der Waals surface area contributed by atoms with E-state index < -0.39 is 0 Å². The molecule has 0 radical (unpaired) electrons. The number of hydrogen-bond acceptors (Lipinski definition) is 3. The molecule has 1 aromatic heterocycles. The summed E-state index contributed by atoms with van der Waals surface area (Å²) in [4.78, 5) is 5.13. The fourth-order valence-electron chi connectivity index (χ4n) is 8.09. The van der Waals surface area contributed by atoms with E-state index in [0.29, 0.717) is 6.04 Å². The largest absolute Gasteiger partial charge is 0.388 e. The molecule has 0 saturated heterocycles. The Bertz CT molecular complexity index is 1960. The zero-order valence-corrected chi connectivity index (χ0v) is 25.4. The minimum atomic E-state index is -0.384. The average molecular weight is 575 g/mol. The van der Waals surface area contributed by atoms with Gasteiger partial charge in [-0.15, -0.1) is 0 Å². The number of aliphatic imine (C=N–C) groups is 1. The van der Waals surface area contributed by atoms with Crippen LogP contribution in [0.4, 0.5) is 0 Å². The molecule has 0 spiro atoms. The van der Waals surface area contributed by atoms with E-state index in [1.807, 2.05) is 6.20 Å². The van der Waals surface area contributed by atoms with Gasteiger partial charge in [0.2, 0.25) is 0 Å². The molecule has 1 aliphatic heterocycles. The highest BCUT2D eigenvalue weighted by Crippen LogP contribution is 2.59. The molecular formula is C40H38N4. The van der Waals surface area contributed by atoms with Crippen LogP contribution in [0, 0.1) is 5.92 Å². The van der Waals surface area contributed by atoms with Gasteiger partial charge in [0.25, 0.3) is 0 Å². The third kappa shape index (κ3) is 3.84. The molecule has 0 saturated carbocycles. The van der Waals surface area contributed by atoms with Gasteiger partial charge in [-0.25, -0.2) is 0 Å². The van der Waals surface area contributed by atoms with Crippen LogP contribution >= 0.6 is 0 Å². The van der Waals surface area contributed by atoms with Crippen LogP contribution in [-0.4, -0.2) is 22.6 Å². The lowest BCUT2D eigenvalue weighted by atomic mass is 9.66. The highest BCUT2D eigenvalue weighted by atomic mass is 15.1. The summed E-state index contributed by atoms with van der Waals surface area (Å²) in [6, 6.07) is 36.0. The lowest BCUT2D eigenvalue weighted by molar-refractivity contribution is 0.366. The number of nitrogens with zero attached hydrogens (tertiary/aromatic N) is 2. The minimum Gasteiger partial charge on any atom is -0.388 e. The molecule has 44 heavy (non-hydrogen) atoms. The molecular weight excluding hydrogens is 536 g/mol. The van der Waals surface area contributed by atoms with Gasteiger partial charge in [-0.1, -0.05) is 110 Å². The fourth-order valence-corrected chi connectivity index (χ4v) is 8.09. The number of nitrogens with one attached hydrogen (secondary N) is 1. The normalized spacial score (nSPS) is 20.2. The second kappa shape index (κ2) is 10.5. The van der Waals surface area contributed by atoms with Gasteiger partial charge < -0.3 is 11.1 Å². The predicted octanol–water partition coefficient (Wildman–Crippen LogP) is 8.31. The summed E-state index contributed by atoms with van der Waals surface area (Å²) in [7, 11) is 0. The fraction of sp³-hybridized carbons (Fsp3) is 0.225. The van der Waals surface area contributed by atoms with E-state index in [1.165, 1.54) is 55.2 Å². The summed E-state index contributed by atoms with van der Waals surface area (Å²) >= 11 is 0. The standard InChI is InChI=1S/C40H38N4/c1-26(34-21-13-25-42-34)39(41)43-27(2)44-35-22-12-10-19-31(35)38-36(44)24-23-33-37(38)30-18-9-11-20-32(30)40(33,28-14-5-3-6-15-28)29-16-7-4-8-17-29/h3-8,10-17,19-20,22-26,34,39,42H,9,18,21,41H2,1-2H3. The summed E-state index contributed by atoms with van der Waals surface area (Å²) in [6.45, 7) is 4.31. The smallest absolute Gasteiger partial charge is 0.107 e. The third-order valence-corrected chi connectivity index (χ3v) is 10.2. The van der Waals surface area contributed by atoms with Crippen LogP contribution in [0.1, 0.15) is 55.4 Å². The molecule has 4 aromatic carbocycles. The summed E-state index contributed by atoms with van der Waals surface area (Å²) in [5.74, 6) is 1.13. The van der Waals surface area contributed by atoms with Crippen molar-refractivity contribution in [3.63, 3.8) is 0 Å². The molecule has 4 heteroatoms. The van der Waals surface area contributed by atoms with Crippen molar-refractivity contribution in [3.05, 3.63) is 149 Å². The van der Waals surface area contributed by atoms with Gasteiger partial charge in [-0.05, 0) is 77.9 Å². The van der Waals surface area contributed by atoms with Crippen LogP contribution in [0.25, 0.3) is 27.4 Å². The Morgan fingerprint density at radius 3 is 2.30 bits per heavy atom. The molecule has 0 bridgehead atoms. The molecule has 4 nitrogen and oxygen atoms in total. The van der Waals surface area contributed by atoms with Crippen molar-refractivity contribution < 1.29 is 0 Å². The Kier molecular flexibility index (Phi) is 6.42. The van der Waals surface area contributed by atoms with Crippen LogP contribution in [0.15, 0.2) is 132 Å². The van der Waals surface area contributed by atoms with Crippen molar-refractivity contribution in [2.45, 2.75) is 50.7 Å². The van der Waals surface area contributed by atoms with Gasteiger partial charge in [-0.2, -0.15) is 0 Å². The van der Waals surface area contributed by atoms with Crippen LogP contribution in [-0.2, 0) is 5.41 Å². The summed E-state index contributed by atoms with van der Waals surface area (Å²) < 4.78 is 2.34. The number of rotatable bonds is 5. The van der Waals surface area contributed by atoms with Crippen molar-refractivity contribution in [2.24, 2.45) is 16.6 Å². The minimum absolute atomic E-state index is 0.205. The number of para-hydroxylation sites is 1. The quantitative estimate of drug-likeness (QED) is 0.164. The Hall–Kier alpha value is -4.67. The van der Waals surface area contributed by atoms with Crippen molar-refractivity contribution in [1.29, 1.82) is 0 Å². The van der Waals surface area contributed by atoms with Gasteiger partial charge >= 0.3 is 0 Å². The molecule has 0 fully saturated rings. The maximum atomic E-state index is 6.75. The number of fused-ring (bicyclic) bond motifs is 6. The van der Waals surface area contributed by atoms with Crippen molar-refractivity contribution in [3.8, 4) is 0 Å². The Labute approximate surface area is 259 Å². The van der Waals surface area contributed by atoms with Crippen molar-refractivity contribution in [2.75, 3.05) is 0 Å². The lowest BCUT2D eigenvalue weighted by Gasteiger charge is -2.35. The maximum Gasteiger partial charge on any atom is 0.107 e. The SMILES string of the molecule is CC(=NC(N)C(C)C1CC=CN1)n1c2ccccc2c2c3c(ccc21)C(c1ccccc1)(c1ccccc1)C1=C3CCC=C1. The number of nitrogens with two attached hydrogens (primary N) is 1. The lowest BCUT2D eigenvalue weighted by Crippen LogP contribution is -2.40. The van der Waals surface area contributed by atoms with Crippen molar-refractivity contribution >= 4 is 33.2 Å². The average Bonchev–Trinajstić information content (AvgIpc) is 3.79. The maximum absolute atomic E-state index is 6.75. The van der Waals surface area contributed by atoms with Gasteiger partial charge in [0.15, 0.2) is 0 Å². The first-order chi connectivity index (χ1) is 21.6. The number of aromatic nitrogens is 1. The molecule has 3 unspecified atom stereocenters. The number of benzene rings is 4. The van der Waals surface area contributed by atoms with E-state index in [4.69, 9.17) is 10.7 Å². The molecule has 0 amide bonds. The third-order valence-electron chi connectivity index (χ3n) is 10.2. The molecule has 3 atom stereocenters. The van der Waals surface area contributed by atoms with E-state index in [1.54, 1.807) is 0 Å². The summed E-state index contributed by atoms with van der Waals surface area (Å²) in [5.41, 5.74) is 16.9. The first-order valence-corrected chi connectivity index (χ1v) is 15.9. The Morgan fingerprint density at radius 1 is 0.886 bits per heavy atom. The Morgan fingerprint density at radius 2 is 1.59 bits per heavy atom. The molecule has 218 valence electrons. The second-order valence-electron chi connectivity index (χ2n) is 12.5. The molecule has 2 heterocycles. The summed E-state index contributed by atoms with van der Waals surface area (Å²) in [5, 5.41) is 6.02. The first-order valence-electron chi connectivity index (χ1n) is 15.9. The number of allylic oxidation sites excluding steroid dienone is 4. The van der Waals surface area contributed by atoms with E-state index in [-0.39, 0.29) is 17.5 Å². The van der Waals surface area contributed by atoms with Gasteiger partial charge in [-0.3, -0.25) is 9.56 Å². The molecule has 5 aromatic rings. The highest BCUT2D eigenvalue weighted by molar-refractivity contribution is 6.19. The Balaban J connectivity index is 1.41. The summed E-state index contributed by atoms with van der Waals surface area (Å²) in [6.07, 6.45) is 11.7. The van der Waals surface area contributed by atoms with E-state index in [0.717, 1.165) is 25.1 Å². The van der Waals surface area contributed by atoms with Crippen LogP contribution in [0.3, 0.4) is 0 Å². The topological polar surface area (TPSA) is 55.3 Å². The van der Waals surface area contributed by atoms with Crippen LogP contribution in [0.2, 0.25) is 0 Å². The van der Waals surface area contributed by atoms with Gasteiger partial charge in [0.05, 0.1) is 16.4 Å². The van der Waals surface area contributed by atoms with Crippen LogP contribution < -0.4 is 11.1 Å². The zero-order chi connectivity index (χ0) is 29.8. The van der Waals surface area contributed by atoms with E-state index in [2.05, 4.69) is 139 Å². The van der Waals surface area contributed by atoms with E-state index in [9.17, 15) is 0 Å². The molecule has 2 aliphatic carbocycles. The molecule has 8 rings (SSSR count). The van der Waals surface area contributed by atoms with Crippen LogP contribution in [0.5, 0.6) is 0 Å². The monoisotopic (exact) mass is 574 g/mol. The van der Waals surface area contributed by atoms with E-state index >= 15 is 0 Å². The molecule has 3 aliphatic rings. The van der Waals surface area contributed by atoms with Gasteiger partial charge in [0.1, 0.15) is 12.0 Å². The number of hydrogen-bond donors (Lipinski definition) is 2. The predicted molar refractivity (Wildman–Crippen MR) is 184 cm³/mol. The zero-order valence-electron chi connectivity index (χ0n) is 25.4.